The van der Waals surface area contributed by atoms with Crippen LogP contribution in [0.3, 0.4) is 0 Å². The van der Waals surface area contributed by atoms with Gasteiger partial charge >= 0.3 is 6.01 Å². The van der Waals surface area contributed by atoms with Crippen LogP contribution in [0.2, 0.25) is 0 Å². The number of anilines is 1. The molecule has 3 rings (SSSR count). The summed E-state index contributed by atoms with van der Waals surface area (Å²) in [5.74, 6) is 1.10. The van der Waals surface area contributed by atoms with E-state index in [4.69, 9.17) is 21.1 Å². The molecule has 1 aromatic heterocycles. The van der Waals surface area contributed by atoms with Gasteiger partial charge in [0, 0.05) is 30.2 Å². The number of aromatic nitrogens is 3. The van der Waals surface area contributed by atoms with E-state index in [9.17, 15) is 4.79 Å². The Balaban J connectivity index is 1.85. The number of amides is 1. The first-order valence-corrected chi connectivity index (χ1v) is 10.9. The largest absolute Gasteiger partial charge is 0.460 e. The van der Waals surface area contributed by atoms with Gasteiger partial charge in [0.25, 0.3) is 0 Å². The third kappa shape index (κ3) is 6.29. The van der Waals surface area contributed by atoms with Crippen LogP contribution in [-0.4, -0.2) is 46.4 Å². The molecule has 0 atom stereocenters. The summed E-state index contributed by atoms with van der Waals surface area (Å²) in [4.78, 5) is 16.5. The van der Waals surface area contributed by atoms with Crippen molar-refractivity contribution in [2.75, 3.05) is 31.0 Å². The Labute approximate surface area is 187 Å². The van der Waals surface area contributed by atoms with Gasteiger partial charge in [-0.05, 0) is 50.1 Å². The number of alkyl halides is 1. The minimum absolute atomic E-state index is 0.0558. The van der Waals surface area contributed by atoms with Crippen molar-refractivity contribution in [3.63, 3.8) is 0 Å². The topological polar surface area (TPSA) is 78.3 Å². The highest BCUT2D eigenvalue weighted by molar-refractivity contribution is 6.18. The molecule has 0 saturated carbocycles. The van der Waals surface area contributed by atoms with Gasteiger partial charge in [-0.15, -0.1) is 16.7 Å². The van der Waals surface area contributed by atoms with Crippen molar-refractivity contribution in [3.05, 3.63) is 54.1 Å². The molecule has 1 heterocycles. The van der Waals surface area contributed by atoms with Crippen molar-refractivity contribution in [1.29, 1.82) is 0 Å². The molecule has 0 bridgehead atoms. The van der Waals surface area contributed by atoms with Gasteiger partial charge in [-0.2, -0.15) is 4.98 Å². The first-order chi connectivity index (χ1) is 15.1. The number of halogens is 1. The summed E-state index contributed by atoms with van der Waals surface area (Å²) in [6.45, 7) is 5.45. The first kappa shape index (κ1) is 22.8. The van der Waals surface area contributed by atoms with E-state index in [0.717, 1.165) is 16.8 Å². The molecule has 31 heavy (non-hydrogen) atoms. The molecule has 0 radical (unpaired) electrons. The first-order valence-electron chi connectivity index (χ1n) is 10.3. The molecular weight excluding hydrogens is 416 g/mol. The van der Waals surface area contributed by atoms with Crippen molar-refractivity contribution in [1.82, 2.24) is 14.8 Å². The van der Waals surface area contributed by atoms with Crippen LogP contribution >= 0.6 is 11.6 Å². The van der Waals surface area contributed by atoms with Crippen LogP contribution < -0.4 is 10.1 Å². The van der Waals surface area contributed by atoms with Gasteiger partial charge in [0.15, 0.2) is 5.82 Å². The second-order valence-corrected chi connectivity index (χ2v) is 7.26. The number of carbonyl (C=O) groups is 1. The van der Waals surface area contributed by atoms with Gasteiger partial charge in [-0.25, -0.2) is 4.68 Å². The van der Waals surface area contributed by atoms with Crippen LogP contribution in [0.1, 0.15) is 25.3 Å². The molecular formula is C23H27ClN4O3. The number of rotatable bonds is 11. The second-order valence-electron chi connectivity index (χ2n) is 6.88. The molecule has 0 spiro atoms. The molecule has 0 fully saturated rings. The zero-order valence-corrected chi connectivity index (χ0v) is 18.6. The number of carbonyl (C=O) groups excluding carboxylic acids is 1. The van der Waals surface area contributed by atoms with E-state index in [1.807, 2.05) is 62.4 Å². The summed E-state index contributed by atoms with van der Waals surface area (Å²) in [7, 11) is 0. The fraction of sp³-hybridized carbons (Fsp3) is 0.348. The van der Waals surface area contributed by atoms with Crippen LogP contribution in [0.4, 0.5) is 5.69 Å². The van der Waals surface area contributed by atoms with E-state index < -0.39 is 0 Å². The van der Waals surface area contributed by atoms with Crippen LogP contribution in [0.5, 0.6) is 6.01 Å². The summed E-state index contributed by atoms with van der Waals surface area (Å²) in [5, 5.41) is 7.43. The maximum absolute atomic E-state index is 11.9. The molecule has 7 nitrogen and oxygen atoms in total. The number of ether oxygens (including phenoxy) is 2. The molecule has 1 amide bonds. The Morgan fingerprint density at radius 2 is 1.90 bits per heavy atom. The van der Waals surface area contributed by atoms with Gasteiger partial charge in [0.05, 0.1) is 12.3 Å². The van der Waals surface area contributed by atoms with Gasteiger partial charge in [-0.3, -0.25) is 4.79 Å². The average Bonchev–Trinajstić information content (AvgIpc) is 3.20. The molecule has 0 unspecified atom stereocenters. The van der Waals surface area contributed by atoms with Gasteiger partial charge in [0.1, 0.15) is 6.61 Å². The van der Waals surface area contributed by atoms with E-state index in [-0.39, 0.29) is 11.9 Å². The average molecular weight is 443 g/mol. The van der Waals surface area contributed by atoms with Gasteiger partial charge in [-0.1, -0.05) is 24.3 Å². The van der Waals surface area contributed by atoms with Crippen LogP contribution in [-0.2, 0) is 9.53 Å². The van der Waals surface area contributed by atoms with Crippen molar-refractivity contribution in [2.24, 2.45) is 0 Å². The minimum atomic E-state index is -0.0558. The van der Waals surface area contributed by atoms with E-state index in [2.05, 4.69) is 15.4 Å². The predicted molar refractivity (Wildman–Crippen MR) is 122 cm³/mol. The van der Waals surface area contributed by atoms with Crippen LogP contribution in [0.25, 0.3) is 17.1 Å². The molecule has 3 aromatic rings. The molecule has 164 valence electrons. The normalized spacial score (nSPS) is 10.8. The Morgan fingerprint density at radius 3 is 2.61 bits per heavy atom. The molecule has 0 saturated heterocycles. The van der Waals surface area contributed by atoms with Crippen molar-refractivity contribution in [2.45, 2.75) is 26.7 Å². The Morgan fingerprint density at radius 1 is 1.13 bits per heavy atom. The highest BCUT2D eigenvalue weighted by Gasteiger charge is 2.16. The Kier molecular flexibility index (Phi) is 8.44. The molecule has 2 aromatic carbocycles. The quantitative estimate of drug-likeness (QED) is 0.346. The maximum Gasteiger partial charge on any atom is 0.336 e. The second kappa shape index (κ2) is 11.5. The third-order valence-corrected chi connectivity index (χ3v) is 4.84. The summed E-state index contributed by atoms with van der Waals surface area (Å²) in [6.07, 6.45) is 1.05. The monoisotopic (exact) mass is 442 g/mol. The molecule has 0 aliphatic heterocycles. The van der Waals surface area contributed by atoms with E-state index in [1.54, 1.807) is 4.68 Å². The molecule has 0 aliphatic carbocycles. The SMILES string of the molecule is CCOCCOc1nc(-c2ccccc2C)n(-c2ccc(NC(=O)CCCCl)cc2)n1. The smallest absolute Gasteiger partial charge is 0.336 e. The third-order valence-electron chi connectivity index (χ3n) is 4.57. The highest BCUT2D eigenvalue weighted by atomic mass is 35.5. The van der Waals surface area contributed by atoms with Crippen LogP contribution in [0.15, 0.2) is 48.5 Å². The standard InChI is InChI=1S/C23H27ClN4O3/c1-3-30-15-16-31-23-26-22(20-8-5-4-7-17(20)2)28(27-23)19-12-10-18(11-13-19)25-21(29)9-6-14-24/h4-5,7-8,10-13H,3,6,9,14-16H2,1-2H3,(H,25,29). The van der Waals surface area contributed by atoms with E-state index in [0.29, 0.717) is 50.1 Å². The van der Waals surface area contributed by atoms with Gasteiger partial charge in [0.2, 0.25) is 5.91 Å². The lowest BCUT2D eigenvalue weighted by molar-refractivity contribution is -0.116. The predicted octanol–water partition coefficient (Wildman–Crippen LogP) is 4.62. The number of hydrogen-bond acceptors (Lipinski definition) is 5. The Bertz CT molecular complexity index is 989. The lowest BCUT2D eigenvalue weighted by atomic mass is 10.1. The van der Waals surface area contributed by atoms with Crippen molar-refractivity contribution >= 4 is 23.2 Å². The van der Waals surface area contributed by atoms with Crippen LogP contribution in [0, 0.1) is 6.92 Å². The summed E-state index contributed by atoms with van der Waals surface area (Å²) < 4.78 is 12.8. The lowest BCUT2D eigenvalue weighted by Gasteiger charge is -2.09. The maximum atomic E-state index is 11.9. The highest BCUT2D eigenvalue weighted by Crippen LogP contribution is 2.26. The molecule has 1 N–H and O–H groups in total. The fourth-order valence-corrected chi connectivity index (χ4v) is 3.14. The number of nitrogens with one attached hydrogen (secondary N) is 1. The van der Waals surface area contributed by atoms with Gasteiger partial charge < -0.3 is 14.8 Å². The lowest BCUT2D eigenvalue weighted by Crippen LogP contribution is -2.11. The summed E-state index contributed by atoms with van der Waals surface area (Å²) in [6, 6.07) is 15.7. The van der Waals surface area contributed by atoms with Crippen molar-refractivity contribution < 1.29 is 14.3 Å². The molecule has 0 aliphatic rings. The fourth-order valence-electron chi connectivity index (χ4n) is 3.01. The van der Waals surface area contributed by atoms with E-state index in [1.165, 1.54) is 0 Å². The van der Waals surface area contributed by atoms with E-state index >= 15 is 0 Å². The number of nitrogens with zero attached hydrogens (tertiary/aromatic N) is 3. The zero-order valence-electron chi connectivity index (χ0n) is 17.8. The molecule has 8 heteroatoms. The van der Waals surface area contributed by atoms with Crippen molar-refractivity contribution in [3.8, 4) is 23.1 Å². The zero-order chi connectivity index (χ0) is 22.1. The number of aryl methyl sites for hydroxylation is 1. The Hall–Kier alpha value is -2.90. The summed E-state index contributed by atoms with van der Waals surface area (Å²) >= 11 is 5.65. The number of benzene rings is 2. The number of hydrogen-bond donors (Lipinski definition) is 1. The summed E-state index contributed by atoms with van der Waals surface area (Å²) in [5.41, 5.74) is 3.58. The minimum Gasteiger partial charge on any atom is -0.460 e.